The van der Waals surface area contributed by atoms with E-state index in [1.54, 1.807) is 43.6 Å². The van der Waals surface area contributed by atoms with Crippen molar-refractivity contribution in [1.82, 2.24) is 19.7 Å². The van der Waals surface area contributed by atoms with Crippen LogP contribution in [0.5, 0.6) is 11.5 Å². The number of hydrogen-bond acceptors (Lipinski definition) is 8. The molecular weight excluding hydrogens is 468 g/mol. The van der Waals surface area contributed by atoms with E-state index in [4.69, 9.17) is 18.9 Å². The predicted octanol–water partition coefficient (Wildman–Crippen LogP) is 6.02. The molecule has 0 aliphatic heterocycles. The average Bonchev–Trinajstić information content (AvgIpc) is 3.65. The molecule has 3 aromatic heterocycles. The summed E-state index contributed by atoms with van der Waals surface area (Å²) < 4.78 is 18.3. The second-order valence-electron chi connectivity index (χ2n) is 7.36. The molecule has 0 saturated carbocycles. The molecule has 2 aromatic carbocycles. The van der Waals surface area contributed by atoms with Crippen molar-refractivity contribution < 1.29 is 13.9 Å². The highest BCUT2D eigenvalue weighted by molar-refractivity contribution is 7.98. The molecule has 9 heteroatoms. The van der Waals surface area contributed by atoms with Crippen molar-refractivity contribution in [3.05, 3.63) is 83.8 Å². The molecule has 0 atom stereocenters. The van der Waals surface area contributed by atoms with Gasteiger partial charge in [0.2, 0.25) is 0 Å². The molecular formula is C25H22N4O3S2. The Morgan fingerprint density at radius 3 is 2.56 bits per heavy atom. The third-order valence-corrected chi connectivity index (χ3v) is 7.12. The number of thioether (sulfide) groups is 1. The molecule has 0 bridgehead atoms. The van der Waals surface area contributed by atoms with E-state index in [9.17, 15) is 0 Å². The van der Waals surface area contributed by atoms with Crippen LogP contribution in [0.2, 0.25) is 0 Å². The Balaban J connectivity index is 1.38. The summed E-state index contributed by atoms with van der Waals surface area (Å²) in [4.78, 5) is 4.81. The average molecular weight is 491 g/mol. The first-order valence-electron chi connectivity index (χ1n) is 10.5. The molecule has 0 aliphatic rings. The van der Waals surface area contributed by atoms with Crippen molar-refractivity contribution in [3.8, 4) is 33.5 Å². The van der Waals surface area contributed by atoms with Crippen molar-refractivity contribution >= 4 is 23.1 Å². The lowest BCUT2D eigenvalue weighted by atomic mass is 10.2. The van der Waals surface area contributed by atoms with Crippen molar-refractivity contribution in [1.29, 1.82) is 0 Å². The van der Waals surface area contributed by atoms with Crippen LogP contribution in [0, 0.1) is 0 Å². The largest absolute Gasteiger partial charge is 0.497 e. The molecule has 5 rings (SSSR count). The zero-order chi connectivity index (χ0) is 23.3. The first-order valence-corrected chi connectivity index (χ1v) is 12.4. The first-order chi connectivity index (χ1) is 16.7. The fraction of sp³-hybridized carbons (Fsp3) is 0.160. The quantitative estimate of drug-likeness (QED) is 0.234. The van der Waals surface area contributed by atoms with Gasteiger partial charge in [0.15, 0.2) is 11.0 Å². The van der Waals surface area contributed by atoms with Gasteiger partial charge in [0.25, 0.3) is 0 Å². The summed E-state index contributed by atoms with van der Waals surface area (Å²) >= 11 is 3.23. The van der Waals surface area contributed by atoms with Crippen LogP contribution in [0.25, 0.3) is 22.0 Å². The second-order valence-corrected chi connectivity index (χ2v) is 9.17. The first kappa shape index (κ1) is 22.2. The summed E-state index contributed by atoms with van der Waals surface area (Å²) in [6, 6.07) is 19.6. The predicted molar refractivity (Wildman–Crippen MR) is 133 cm³/mol. The lowest BCUT2D eigenvalue weighted by Gasteiger charge is -2.09. The molecule has 0 radical (unpaired) electrons. The number of aromatic nitrogens is 4. The Morgan fingerprint density at radius 1 is 0.941 bits per heavy atom. The normalized spacial score (nSPS) is 11.0. The number of thiazole rings is 1. The highest BCUT2D eigenvalue weighted by Gasteiger charge is 2.17. The molecule has 7 nitrogen and oxygen atoms in total. The van der Waals surface area contributed by atoms with Gasteiger partial charge in [-0.15, -0.1) is 21.5 Å². The Kier molecular flexibility index (Phi) is 6.64. The number of nitrogens with zero attached hydrogens (tertiary/aromatic N) is 4. The van der Waals surface area contributed by atoms with Gasteiger partial charge in [-0.05, 0) is 48.5 Å². The summed E-state index contributed by atoms with van der Waals surface area (Å²) in [5, 5.41) is 12.8. The van der Waals surface area contributed by atoms with Crippen LogP contribution >= 0.6 is 23.1 Å². The van der Waals surface area contributed by atoms with Gasteiger partial charge in [0.1, 0.15) is 22.3 Å². The molecule has 0 amide bonds. The van der Waals surface area contributed by atoms with Crippen LogP contribution < -0.4 is 9.47 Å². The van der Waals surface area contributed by atoms with Crippen LogP contribution in [0.15, 0.2) is 81.9 Å². The van der Waals surface area contributed by atoms with Crippen LogP contribution in [0.1, 0.15) is 11.5 Å². The fourth-order valence-electron chi connectivity index (χ4n) is 3.45. The molecule has 172 valence electrons. The van der Waals surface area contributed by atoms with Crippen molar-refractivity contribution in [3.63, 3.8) is 0 Å². The van der Waals surface area contributed by atoms with Gasteiger partial charge in [0.05, 0.1) is 32.7 Å². The topological polar surface area (TPSA) is 75.2 Å². The van der Waals surface area contributed by atoms with Crippen LogP contribution in [-0.4, -0.2) is 34.0 Å². The van der Waals surface area contributed by atoms with E-state index in [0.717, 1.165) is 50.1 Å². The highest BCUT2D eigenvalue weighted by atomic mass is 32.2. The van der Waals surface area contributed by atoms with E-state index in [1.807, 2.05) is 60.7 Å². The Labute approximate surface area is 205 Å². The number of furan rings is 1. The van der Waals surface area contributed by atoms with Gasteiger partial charge in [-0.25, -0.2) is 4.98 Å². The van der Waals surface area contributed by atoms with Crippen LogP contribution in [-0.2, 0) is 12.3 Å². The van der Waals surface area contributed by atoms with Gasteiger partial charge in [-0.3, -0.25) is 4.57 Å². The monoisotopic (exact) mass is 490 g/mol. The molecule has 34 heavy (non-hydrogen) atoms. The van der Waals surface area contributed by atoms with Gasteiger partial charge >= 0.3 is 0 Å². The maximum atomic E-state index is 5.60. The fourth-order valence-corrected chi connectivity index (χ4v) is 5.21. The Morgan fingerprint density at radius 2 is 1.79 bits per heavy atom. The van der Waals surface area contributed by atoms with Gasteiger partial charge in [0, 0.05) is 22.3 Å². The van der Waals surface area contributed by atoms with Gasteiger partial charge < -0.3 is 13.9 Å². The number of rotatable bonds is 9. The number of benzene rings is 2. The molecule has 3 heterocycles. The lowest BCUT2D eigenvalue weighted by Crippen LogP contribution is -2.03. The molecule has 0 aliphatic carbocycles. The molecule has 0 spiro atoms. The zero-order valence-electron chi connectivity index (χ0n) is 18.7. The van der Waals surface area contributed by atoms with E-state index >= 15 is 0 Å². The Bertz CT molecular complexity index is 1360. The van der Waals surface area contributed by atoms with E-state index in [2.05, 4.69) is 20.1 Å². The minimum atomic E-state index is 0.531. The molecule has 5 aromatic rings. The minimum absolute atomic E-state index is 0.531. The summed E-state index contributed by atoms with van der Waals surface area (Å²) in [5.41, 5.74) is 3.00. The molecule has 0 saturated heterocycles. The van der Waals surface area contributed by atoms with Gasteiger partial charge in [-0.2, -0.15) is 0 Å². The summed E-state index contributed by atoms with van der Waals surface area (Å²) in [6.07, 6.45) is 1.67. The smallest absolute Gasteiger partial charge is 0.192 e. The standard InChI is InChI=1S/C25H22N4O3S2/c1-30-20-10-8-17(9-11-20)24-26-19(15-33-24)16-34-25-28-27-23(18-5-3-6-21(13-18)31-2)29(25)14-22-7-4-12-32-22/h3-13,15H,14,16H2,1-2H3. The number of ether oxygens (including phenoxy) is 2. The highest BCUT2D eigenvalue weighted by Crippen LogP contribution is 2.31. The van der Waals surface area contributed by atoms with Crippen LogP contribution in [0.3, 0.4) is 0 Å². The number of methoxy groups -OCH3 is 2. The molecule has 0 N–H and O–H groups in total. The van der Waals surface area contributed by atoms with E-state index in [1.165, 1.54) is 0 Å². The van der Waals surface area contributed by atoms with E-state index in [0.29, 0.717) is 12.3 Å². The molecule has 0 fully saturated rings. The Hall–Kier alpha value is -3.56. The van der Waals surface area contributed by atoms with E-state index < -0.39 is 0 Å². The SMILES string of the molecule is COc1ccc(-c2nc(CSc3nnc(-c4cccc(OC)c4)n3Cc3ccco3)cs2)cc1. The zero-order valence-corrected chi connectivity index (χ0v) is 20.3. The summed E-state index contributed by atoms with van der Waals surface area (Å²) in [6.45, 7) is 0.531. The van der Waals surface area contributed by atoms with Crippen LogP contribution in [0.4, 0.5) is 0 Å². The van der Waals surface area contributed by atoms with Crippen molar-refractivity contribution in [2.24, 2.45) is 0 Å². The van der Waals surface area contributed by atoms with Gasteiger partial charge in [-0.1, -0.05) is 23.9 Å². The van der Waals surface area contributed by atoms with E-state index in [-0.39, 0.29) is 0 Å². The van der Waals surface area contributed by atoms with Crippen molar-refractivity contribution in [2.75, 3.05) is 14.2 Å². The number of hydrogen-bond donors (Lipinski definition) is 0. The maximum absolute atomic E-state index is 5.60. The summed E-state index contributed by atoms with van der Waals surface area (Å²) in [7, 11) is 3.32. The summed E-state index contributed by atoms with van der Waals surface area (Å²) in [5.74, 6) is 3.88. The molecule has 0 unspecified atom stereocenters. The third-order valence-electron chi connectivity index (χ3n) is 5.18. The second kappa shape index (κ2) is 10.1. The minimum Gasteiger partial charge on any atom is -0.497 e. The third kappa shape index (κ3) is 4.85. The maximum Gasteiger partial charge on any atom is 0.192 e. The lowest BCUT2D eigenvalue weighted by molar-refractivity contribution is 0.415. The van der Waals surface area contributed by atoms with Crippen molar-refractivity contribution in [2.45, 2.75) is 17.5 Å².